The maximum atomic E-state index is 14.0. The molecule has 2 fully saturated rings. The van der Waals surface area contributed by atoms with E-state index < -0.39 is 34.7 Å². The molecule has 4 N–H and O–H groups in total. The lowest BCUT2D eigenvalue weighted by atomic mass is 9.78. The summed E-state index contributed by atoms with van der Waals surface area (Å²) in [6.07, 6.45) is 3.20. The van der Waals surface area contributed by atoms with Crippen molar-refractivity contribution in [3.05, 3.63) is 96.3 Å². The summed E-state index contributed by atoms with van der Waals surface area (Å²) in [5.41, 5.74) is 7.65. The SMILES string of the molecule is N[C@H](CF)C1CCC(C(=O)N2CC[C@H](c3ccccc3)[C@H]2C(=O)Nc2ccc3oc(C(=O)NS(=O)(=O)c4ccccc4)cc3c2)CC1. The molecule has 2 aliphatic rings. The lowest BCUT2D eigenvalue weighted by molar-refractivity contribution is -0.141. The highest BCUT2D eigenvalue weighted by Crippen LogP contribution is 2.38. The van der Waals surface area contributed by atoms with Crippen LogP contribution >= 0.6 is 0 Å². The lowest BCUT2D eigenvalue weighted by Gasteiger charge is -2.35. The number of amides is 3. The number of carbonyl (C=O) groups excluding carboxylic acids is 3. The number of anilines is 1. The highest BCUT2D eigenvalue weighted by molar-refractivity contribution is 7.90. The molecule has 3 amide bonds. The third-order valence-electron chi connectivity index (χ3n) is 9.37. The van der Waals surface area contributed by atoms with Crippen LogP contribution in [0.15, 0.2) is 94.2 Å². The van der Waals surface area contributed by atoms with Gasteiger partial charge in [0.15, 0.2) is 5.76 Å². The molecule has 1 aliphatic heterocycles. The minimum Gasteiger partial charge on any atom is -0.451 e. The van der Waals surface area contributed by atoms with Crippen molar-refractivity contribution in [2.24, 2.45) is 17.6 Å². The Balaban J connectivity index is 1.19. The van der Waals surface area contributed by atoms with Gasteiger partial charge in [0.25, 0.3) is 10.0 Å². The first-order valence-electron chi connectivity index (χ1n) is 15.8. The summed E-state index contributed by atoms with van der Waals surface area (Å²) < 4.78 is 46.0. The summed E-state index contributed by atoms with van der Waals surface area (Å²) in [7, 11) is -4.10. The quantitative estimate of drug-likeness (QED) is 0.229. The van der Waals surface area contributed by atoms with Crippen LogP contribution < -0.4 is 15.8 Å². The number of nitrogens with zero attached hydrogens (tertiary/aromatic N) is 1. The number of carbonyl (C=O) groups is 3. The maximum absolute atomic E-state index is 14.0. The number of hydrogen-bond acceptors (Lipinski definition) is 7. The molecular weight excluding hydrogens is 623 g/mol. The van der Waals surface area contributed by atoms with Gasteiger partial charge in [0.1, 0.15) is 18.3 Å². The number of nitrogens with one attached hydrogen (secondary N) is 2. The Kier molecular flexibility index (Phi) is 9.42. The summed E-state index contributed by atoms with van der Waals surface area (Å²) in [4.78, 5) is 42.3. The van der Waals surface area contributed by atoms with E-state index in [-0.39, 0.29) is 40.2 Å². The number of hydrogen-bond donors (Lipinski definition) is 3. The van der Waals surface area contributed by atoms with Crippen LogP contribution in [0.4, 0.5) is 10.1 Å². The fourth-order valence-electron chi connectivity index (χ4n) is 6.85. The van der Waals surface area contributed by atoms with Gasteiger partial charge < -0.3 is 20.4 Å². The average Bonchev–Trinajstić information content (AvgIpc) is 3.73. The van der Waals surface area contributed by atoms with E-state index in [4.69, 9.17) is 10.2 Å². The standard InChI is InChI=1S/C35H37FN4O6S/c36-21-29(37)23-11-13-24(14-12-23)35(43)40-18-17-28(22-7-3-1-4-8-22)32(40)34(42)38-26-15-16-30-25(19-26)20-31(46-30)33(41)39-47(44,45)27-9-5-2-6-10-27/h1-10,15-16,19-20,23-24,28-29,32H,11-14,17-18,21,37H2,(H,38,42)(H,39,41)/t23?,24?,28-,29-,32+/m1/s1. The van der Waals surface area contributed by atoms with Crippen LogP contribution in [0, 0.1) is 11.8 Å². The molecule has 2 heterocycles. The van der Waals surface area contributed by atoms with Crippen LogP contribution in [0.2, 0.25) is 0 Å². The molecule has 1 aromatic heterocycles. The first-order valence-corrected chi connectivity index (χ1v) is 17.3. The van der Waals surface area contributed by atoms with Gasteiger partial charge in [0.2, 0.25) is 11.8 Å². The van der Waals surface area contributed by atoms with Crippen molar-refractivity contribution in [2.75, 3.05) is 18.5 Å². The number of halogens is 1. The molecule has 0 unspecified atom stereocenters. The second-order valence-corrected chi connectivity index (χ2v) is 14.0. The Labute approximate surface area is 272 Å². The van der Waals surface area contributed by atoms with Gasteiger partial charge in [-0.2, -0.15) is 0 Å². The van der Waals surface area contributed by atoms with E-state index in [0.29, 0.717) is 55.3 Å². The largest absolute Gasteiger partial charge is 0.451 e. The van der Waals surface area contributed by atoms with Gasteiger partial charge in [0.05, 0.1) is 4.90 Å². The van der Waals surface area contributed by atoms with Gasteiger partial charge >= 0.3 is 5.91 Å². The van der Waals surface area contributed by atoms with Gasteiger partial charge in [-0.1, -0.05) is 48.5 Å². The first kappa shape index (κ1) is 32.4. The smallest absolute Gasteiger partial charge is 0.300 e. The molecule has 12 heteroatoms. The van der Waals surface area contributed by atoms with E-state index in [0.717, 1.165) is 5.56 Å². The third kappa shape index (κ3) is 6.93. The monoisotopic (exact) mass is 660 g/mol. The summed E-state index contributed by atoms with van der Waals surface area (Å²) in [5.74, 6) is -1.95. The van der Waals surface area contributed by atoms with Crippen LogP contribution in [-0.2, 0) is 19.6 Å². The minimum atomic E-state index is -4.10. The molecule has 3 aromatic carbocycles. The Hall–Kier alpha value is -4.55. The molecule has 0 bridgehead atoms. The third-order valence-corrected chi connectivity index (χ3v) is 10.7. The van der Waals surface area contributed by atoms with Gasteiger partial charge in [-0.3, -0.25) is 14.4 Å². The van der Waals surface area contributed by atoms with E-state index >= 15 is 0 Å². The molecule has 47 heavy (non-hydrogen) atoms. The summed E-state index contributed by atoms with van der Waals surface area (Å²) in [6, 6.07) is 22.2. The second-order valence-electron chi connectivity index (χ2n) is 12.3. The lowest BCUT2D eigenvalue weighted by Crippen LogP contribution is -2.48. The van der Waals surface area contributed by atoms with Crippen molar-refractivity contribution in [1.82, 2.24) is 9.62 Å². The number of rotatable bonds is 9. The van der Waals surface area contributed by atoms with Crippen molar-refractivity contribution < 1.29 is 31.6 Å². The Morgan fingerprint density at radius 2 is 1.60 bits per heavy atom. The Bertz CT molecular complexity index is 1860. The zero-order valence-corrected chi connectivity index (χ0v) is 26.5. The summed E-state index contributed by atoms with van der Waals surface area (Å²) in [5, 5.41) is 3.44. The van der Waals surface area contributed by atoms with Gasteiger partial charge in [0, 0.05) is 35.5 Å². The Morgan fingerprint density at radius 1 is 0.915 bits per heavy atom. The van der Waals surface area contributed by atoms with Gasteiger partial charge in [-0.05, 0) is 80.0 Å². The molecule has 6 rings (SSSR count). The van der Waals surface area contributed by atoms with E-state index in [1.54, 1.807) is 41.3 Å². The normalized spacial score (nSPS) is 22.1. The van der Waals surface area contributed by atoms with Crippen LogP contribution in [-0.4, -0.2) is 56.3 Å². The summed E-state index contributed by atoms with van der Waals surface area (Å²) in [6.45, 7) is -0.142. The number of nitrogens with two attached hydrogens (primary N) is 1. The van der Waals surface area contributed by atoms with Crippen molar-refractivity contribution in [1.29, 1.82) is 0 Å². The van der Waals surface area contributed by atoms with Gasteiger partial charge in [-0.15, -0.1) is 0 Å². The Morgan fingerprint density at radius 3 is 2.28 bits per heavy atom. The van der Waals surface area contributed by atoms with Gasteiger partial charge in [-0.25, -0.2) is 17.5 Å². The number of sulfonamides is 1. The molecule has 0 radical (unpaired) electrons. The van der Waals surface area contributed by atoms with Crippen LogP contribution in [0.3, 0.4) is 0 Å². The van der Waals surface area contributed by atoms with Crippen molar-refractivity contribution in [3.63, 3.8) is 0 Å². The number of furan rings is 1. The molecule has 4 aromatic rings. The first-order chi connectivity index (χ1) is 22.6. The fraction of sp³-hybridized carbons (Fsp3) is 0.343. The molecule has 1 saturated heterocycles. The minimum absolute atomic E-state index is 0.0523. The van der Waals surface area contributed by atoms with Crippen molar-refractivity contribution >= 4 is 44.4 Å². The molecular formula is C35H37FN4O6S. The zero-order valence-electron chi connectivity index (χ0n) is 25.7. The molecule has 10 nitrogen and oxygen atoms in total. The fourth-order valence-corrected chi connectivity index (χ4v) is 7.83. The molecule has 1 saturated carbocycles. The number of benzene rings is 3. The predicted octanol–water partition coefficient (Wildman–Crippen LogP) is 4.98. The average molecular weight is 661 g/mol. The van der Waals surface area contributed by atoms with Crippen molar-refractivity contribution in [3.8, 4) is 0 Å². The molecule has 246 valence electrons. The van der Waals surface area contributed by atoms with E-state index in [1.165, 1.54) is 18.2 Å². The van der Waals surface area contributed by atoms with E-state index in [1.807, 2.05) is 35.1 Å². The second kappa shape index (κ2) is 13.7. The molecule has 0 spiro atoms. The highest BCUT2D eigenvalue weighted by atomic mass is 32.2. The molecule has 1 aliphatic carbocycles. The highest BCUT2D eigenvalue weighted by Gasteiger charge is 2.44. The number of fused-ring (bicyclic) bond motifs is 1. The van der Waals surface area contributed by atoms with Crippen LogP contribution in [0.1, 0.15) is 54.1 Å². The molecule has 3 atom stereocenters. The number of alkyl halides is 1. The van der Waals surface area contributed by atoms with E-state index in [2.05, 4.69) is 5.32 Å². The van der Waals surface area contributed by atoms with Crippen LogP contribution in [0.5, 0.6) is 0 Å². The predicted molar refractivity (Wildman–Crippen MR) is 175 cm³/mol. The summed E-state index contributed by atoms with van der Waals surface area (Å²) >= 11 is 0. The number of likely N-dealkylation sites (tertiary alicyclic amines) is 1. The maximum Gasteiger partial charge on any atom is 0.300 e. The van der Waals surface area contributed by atoms with E-state index in [9.17, 15) is 27.2 Å². The van der Waals surface area contributed by atoms with Crippen LogP contribution in [0.25, 0.3) is 11.0 Å². The topological polar surface area (TPSA) is 152 Å². The van der Waals surface area contributed by atoms with Crippen molar-refractivity contribution in [2.45, 2.75) is 55.0 Å². The zero-order chi connectivity index (χ0) is 33.1.